The van der Waals surface area contributed by atoms with Crippen LogP contribution in [0.1, 0.15) is 18.1 Å². The quantitative estimate of drug-likeness (QED) is 0.873. The normalized spacial score (nSPS) is 20.2. The zero-order valence-electron chi connectivity index (χ0n) is 9.30. The Labute approximate surface area is 98.6 Å². The fourth-order valence-electron chi connectivity index (χ4n) is 1.90. The Morgan fingerprint density at radius 2 is 2.24 bits per heavy atom. The van der Waals surface area contributed by atoms with Gasteiger partial charge in [0.05, 0.1) is 6.61 Å². The van der Waals surface area contributed by atoms with Crippen molar-refractivity contribution in [2.45, 2.75) is 12.5 Å². The summed E-state index contributed by atoms with van der Waals surface area (Å²) in [5.74, 6) is -0.360. The first-order valence-electron chi connectivity index (χ1n) is 5.53. The van der Waals surface area contributed by atoms with Gasteiger partial charge in [-0.15, -0.1) is 0 Å². The molecule has 17 heavy (non-hydrogen) atoms. The van der Waals surface area contributed by atoms with Crippen molar-refractivity contribution in [3.05, 3.63) is 35.6 Å². The lowest BCUT2D eigenvalue weighted by atomic mass is 10.0. The van der Waals surface area contributed by atoms with Gasteiger partial charge in [-0.3, -0.25) is 0 Å². The number of β-amino-alcohol motifs (C(OH)–C–C–N with tert-alkyl or cyclic N) is 1. The van der Waals surface area contributed by atoms with Crippen molar-refractivity contribution in [3.8, 4) is 0 Å². The fourth-order valence-corrected chi connectivity index (χ4v) is 1.90. The van der Waals surface area contributed by atoms with Crippen LogP contribution < -0.4 is 0 Å². The second kappa shape index (κ2) is 5.14. The molecule has 1 N–H and O–H groups in total. The average Bonchev–Trinajstić information content (AvgIpc) is 2.33. The molecular weight excluding hydrogens is 225 g/mol. The minimum Gasteiger partial charge on any atom is -0.441 e. The van der Waals surface area contributed by atoms with Gasteiger partial charge in [-0.1, -0.05) is 18.2 Å². The van der Waals surface area contributed by atoms with Crippen molar-refractivity contribution >= 4 is 6.09 Å². The molecule has 92 valence electrons. The highest BCUT2D eigenvalue weighted by atomic mass is 19.1. The predicted octanol–water partition coefficient (Wildman–Crippen LogP) is 1.70. The van der Waals surface area contributed by atoms with Crippen molar-refractivity contribution < 1.29 is 19.0 Å². The molecule has 1 fully saturated rings. The van der Waals surface area contributed by atoms with E-state index in [1.54, 1.807) is 18.2 Å². The lowest BCUT2D eigenvalue weighted by molar-refractivity contribution is 0.0182. The summed E-state index contributed by atoms with van der Waals surface area (Å²) in [5, 5.41) is 8.75. The predicted molar refractivity (Wildman–Crippen MR) is 58.9 cm³/mol. The van der Waals surface area contributed by atoms with Gasteiger partial charge in [0.25, 0.3) is 0 Å². The van der Waals surface area contributed by atoms with Gasteiger partial charge in [0.1, 0.15) is 11.9 Å². The van der Waals surface area contributed by atoms with E-state index in [1.165, 1.54) is 11.0 Å². The molecule has 1 saturated heterocycles. The van der Waals surface area contributed by atoms with Crippen LogP contribution in [0.25, 0.3) is 0 Å². The van der Waals surface area contributed by atoms with Crippen LogP contribution in [0.4, 0.5) is 9.18 Å². The maximum atomic E-state index is 13.5. The second-order valence-corrected chi connectivity index (χ2v) is 3.89. The van der Waals surface area contributed by atoms with E-state index < -0.39 is 12.2 Å². The molecule has 4 nitrogen and oxygen atoms in total. The van der Waals surface area contributed by atoms with E-state index in [4.69, 9.17) is 9.84 Å². The minimum absolute atomic E-state index is 0.0978. The number of amides is 1. The number of ether oxygens (including phenoxy) is 1. The Balaban J connectivity index is 2.07. The number of aliphatic hydroxyl groups is 1. The van der Waals surface area contributed by atoms with E-state index in [0.29, 0.717) is 18.5 Å². The summed E-state index contributed by atoms with van der Waals surface area (Å²) in [5.41, 5.74) is 0.407. The number of hydrogen-bond acceptors (Lipinski definition) is 3. The Morgan fingerprint density at radius 3 is 2.88 bits per heavy atom. The maximum absolute atomic E-state index is 13.5. The van der Waals surface area contributed by atoms with E-state index in [-0.39, 0.29) is 19.0 Å². The molecular formula is C12H14FNO3. The first kappa shape index (κ1) is 11.9. The molecule has 1 unspecified atom stereocenters. The minimum atomic E-state index is -0.529. The van der Waals surface area contributed by atoms with Crippen molar-refractivity contribution in [2.75, 3.05) is 19.7 Å². The van der Waals surface area contributed by atoms with Gasteiger partial charge in [0, 0.05) is 25.1 Å². The van der Waals surface area contributed by atoms with Crippen molar-refractivity contribution in [2.24, 2.45) is 0 Å². The van der Waals surface area contributed by atoms with Crippen LogP contribution in [0.2, 0.25) is 0 Å². The second-order valence-electron chi connectivity index (χ2n) is 3.89. The third-order valence-corrected chi connectivity index (χ3v) is 2.78. The zero-order chi connectivity index (χ0) is 12.3. The summed E-state index contributed by atoms with van der Waals surface area (Å²) in [7, 11) is 0. The van der Waals surface area contributed by atoms with Gasteiger partial charge in [-0.05, 0) is 6.07 Å². The van der Waals surface area contributed by atoms with Gasteiger partial charge in [0.15, 0.2) is 0 Å². The molecule has 2 rings (SSSR count). The number of carbonyl (C=O) groups is 1. The molecule has 1 aromatic rings. The zero-order valence-corrected chi connectivity index (χ0v) is 9.30. The Bertz CT molecular complexity index is 410. The number of halogens is 1. The smallest absolute Gasteiger partial charge is 0.410 e. The van der Waals surface area contributed by atoms with E-state index in [1.807, 2.05) is 0 Å². The van der Waals surface area contributed by atoms with Gasteiger partial charge >= 0.3 is 6.09 Å². The van der Waals surface area contributed by atoms with Crippen LogP contribution in [0.3, 0.4) is 0 Å². The standard InChI is InChI=1S/C12H14FNO3/c13-10-4-2-1-3-9(10)11-5-6-14(7-8-15)12(16)17-11/h1-4,11,15H,5-8H2. The summed E-state index contributed by atoms with van der Waals surface area (Å²) in [6.45, 7) is 0.626. The molecule has 1 amide bonds. The molecule has 0 aliphatic carbocycles. The molecule has 0 bridgehead atoms. The molecule has 0 spiro atoms. The SMILES string of the molecule is O=C1OC(c2ccccc2F)CCN1CCO. The van der Waals surface area contributed by atoms with Crippen LogP contribution in [-0.4, -0.2) is 35.8 Å². The number of carbonyl (C=O) groups excluding carboxylic acids is 1. The van der Waals surface area contributed by atoms with E-state index >= 15 is 0 Å². The number of rotatable bonds is 3. The largest absolute Gasteiger partial charge is 0.441 e. The van der Waals surface area contributed by atoms with Crippen LogP contribution in [-0.2, 0) is 4.74 Å². The first-order valence-corrected chi connectivity index (χ1v) is 5.53. The lowest BCUT2D eigenvalue weighted by Crippen LogP contribution is -2.40. The summed E-state index contributed by atoms with van der Waals surface area (Å²) >= 11 is 0. The Kier molecular flexibility index (Phi) is 3.58. The van der Waals surface area contributed by atoms with Gasteiger partial charge < -0.3 is 14.7 Å². The molecule has 1 aliphatic rings. The van der Waals surface area contributed by atoms with Gasteiger partial charge in [0.2, 0.25) is 0 Å². The number of aliphatic hydroxyl groups excluding tert-OH is 1. The summed E-state index contributed by atoms with van der Waals surface area (Å²) < 4.78 is 18.7. The van der Waals surface area contributed by atoms with Crippen molar-refractivity contribution in [1.82, 2.24) is 4.90 Å². The molecule has 1 atom stereocenters. The van der Waals surface area contributed by atoms with Crippen LogP contribution >= 0.6 is 0 Å². The molecule has 1 aromatic carbocycles. The third-order valence-electron chi connectivity index (χ3n) is 2.78. The topological polar surface area (TPSA) is 49.8 Å². The first-order chi connectivity index (χ1) is 8.22. The average molecular weight is 239 g/mol. The van der Waals surface area contributed by atoms with Crippen molar-refractivity contribution in [1.29, 1.82) is 0 Å². The van der Waals surface area contributed by atoms with E-state index in [0.717, 1.165) is 0 Å². The molecule has 0 saturated carbocycles. The Hall–Kier alpha value is -1.62. The summed E-state index contributed by atoms with van der Waals surface area (Å²) in [6, 6.07) is 6.28. The number of cyclic esters (lactones) is 1. The molecule has 0 aromatic heterocycles. The summed E-state index contributed by atoms with van der Waals surface area (Å²) in [6.07, 6.45) is -0.496. The highest BCUT2D eigenvalue weighted by Crippen LogP contribution is 2.28. The molecule has 0 radical (unpaired) electrons. The third kappa shape index (κ3) is 2.55. The number of benzene rings is 1. The lowest BCUT2D eigenvalue weighted by Gasteiger charge is -2.31. The highest BCUT2D eigenvalue weighted by molar-refractivity contribution is 5.68. The molecule has 1 aliphatic heterocycles. The van der Waals surface area contributed by atoms with Gasteiger partial charge in [-0.25, -0.2) is 9.18 Å². The number of nitrogens with zero attached hydrogens (tertiary/aromatic N) is 1. The molecule has 5 heteroatoms. The van der Waals surface area contributed by atoms with E-state index in [9.17, 15) is 9.18 Å². The molecule has 1 heterocycles. The van der Waals surface area contributed by atoms with Crippen LogP contribution in [0, 0.1) is 5.82 Å². The van der Waals surface area contributed by atoms with Crippen LogP contribution in [0.15, 0.2) is 24.3 Å². The van der Waals surface area contributed by atoms with E-state index in [2.05, 4.69) is 0 Å². The van der Waals surface area contributed by atoms with Gasteiger partial charge in [-0.2, -0.15) is 0 Å². The van der Waals surface area contributed by atoms with Crippen molar-refractivity contribution in [3.63, 3.8) is 0 Å². The van der Waals surface area contributed by atoms with Crippen LogP contribution in [0.5, 0.6) is 0 Å². The monoisotopic (exact) mass is 239 g/mol. The Morgan fingerprint density at radius 1 is 1.47 bits per heavy atom. The summed E-state index contributed by atoms with van der Waals surface area (Å²) in [4.78, 5) is 13.0. The number of hydrogen-bond donors (Lipinski definition) is 1. The maximum Gasteiger partial charge on any atom is 0.410 e. The highest BCUT2D eigenvalue weighted by Gasteiger charge is 2.29. The fraction of sp³-hybridized carbons (Fsp3) is 0.417.